The number of benzene rings is 1. The molecule has 0 saturated carbocycles. The van der Waals surface area contributed by atoms with E-state index < -0.39 is 0 Å². The van der Waals surface area contributed by atoms with Gasteiger partial charge in [0.1, 0.15) is 5.75 Å². The van der Waals surface area contributed by atoms with E-state index in [9.17, 15) is 9.90 Å². The maximum Gasteiger partial charge on any atom is 0.250 e. The van der Waals surface area contributed by atoms with Crippen LogP contribution in [0.15, 0.2) is 83.0 Å². The largest absolute Gasteiger partial charge is 0.508 e. The first kappa shape index (κ1) is 23.5. The number of aromatic hydroxyl groups is 1. The number of carbonyl (C=O) groups is 1. The van der Waals surface area contributed by atoms with Crippen LogP contribution in [0.1, 0.15) is 53.9 Å². The Morgan fingerprint density at radius 1 is 1.10 bits per heavy atom. The molecule has 0 atom stereocenters. The minimum atomic E-state index is -0.106. The lowest BCUT2D eigenvalue weighted by Gasteiger charge is -2.32. The van der Waals surface area contributed by atoms with Crippen molar-refractivity contribution in [2.75, 3.05) is 11.9 Å². The summed E-state index contributed by atoms with van der Waals surface area (Å²) in [4.78, 5) is 14.0. The van der Waals surface area contributed by atoms with E-state index in [1.165, 1.54) is 36.0 Å². The second-order valence-electron chi connectivity index (χ2n) is 8.84. The Morgan fingerprint density at radius 3 is 2.40 bits per heavy atom. The van der Waals surface area contributed by atoms with Gasteiger partial charge in [-0.05, 0) is 80.9 Å². The second-order valence-corrected chi connectivity index (χ2v) is 8.84. The van der Waals surface area contributed by atoms with E-state index in [1.807, 2.05) is 19.1 Å². The Morgan fingerprint density at radius 2 is 1.77 bits per heavy atom. The van der Waals surface area contributed by atoms with Gasteiger partial charge >= 0.3 is 0 Å². The molecule has 1 aliphatic carbocycles. The highest BCUT2D eigenvalue weighted by Crippen LogP contribution is 2.40. The standard InChI is InChI=1S/C27H35NO2/c1-20(12-17-25-22(3)11-8-18-27(25,4)5)9-7-10-21(2)19-26(30)28(6)23-13-15-24(29)16-14-23/h7,9-10,12-17,19,29H,8,11,18H2,1-6H3/b10-7+,17-12+,20-9+,21-19+. The Labute approximate surface area is 181 Å². The monoisotopic (exact) mass is 405 g/mol. The third kappa shape index (κ3) is 6.62. The van der Waals surface area contributed by atoms with Gasteiger partial charge in [-0.1, -0.05) is 55.4 Å². The first-order valence-corrected chi connectivity index (χ1v) is 10.6. The molecule has 0 saturated heterocycles. The molecule has 3 nitrogen and oxygen atoms in total. The molecule has 0 aromatic heterocycles. The fraction of sp³-hybridized carbons (Fsp3) is 0.370. The molecule has 0 unspecified atom stereocenters. The molecule has 0 bridgehead atoms. The van der Waals surface area contributed by atoms with Crippen LogP contribution in [0.5, 0.6) is 5.75 Å². The Hall–Kier alpha value is -2.81. The summed E-state index contributed by atoms with van der Waals surface area (Å²) < 4.78 is 0. The van der Waals surface area contributed by atoms with Crippen molar-refractivity contribution in [2.45, 2.75) is 53.9 Å². The summed E-state index contributed by atoms with van der Waals surface area (Å²) >= 11 is 0. The number of hydrogen-bond acceptors (Lipinski definition) is 2. The molecule has 3 heteroatoms. The highest BCUT2D eigenvalue weighted by Gasteiger charge is 2.26. The number of hydrogen-bond donors (Lipinski definition) is 1. The SMILES string of the molecule is CC1=C(/C=C/C(C)=C/C=C/C(C)=C/C(=O)N(C)c2ccc(O)cc2)C(C)(C)CCC1. The van der Waals surface area contributed by atoms with E-state index in [-0.39, 0.29) is 17.1 Å². The number of nitrogens with zero attached hydrogens (tertiary/aromatic N) is 1. The summed E-state index contributed by atoms with van der Waals surface area (Å²) in [5, 5.41) is 9.38. The number of phenolic OH excluding ortho intramolecular Hbond substituents is 1. The second kappa shape index (κ2) is 10.3. The minimum Gasteiger partial charge on any atom is -0.508 e. The van der Waals surface area contributed by atoms with Gasteiger partial charge in [0.05, 0.1) is 0 Å². The molecule has 30 heavy (non-hydrogen) atoms. The number of carbonyl (C=O) groups excluding carboxylic acids is 1. The van der Waals surface area contributed by atoms with Crippen LogP contribution in [-0.2, 0) is 4.79 Å². The van der Waals surface area contributed by atoms with Crippen molar-refractivity contribution in [3.8, 4) is 5.75 Å². The van der Waals surface area contributed by atoms with Crippen molar-refractivity contribution >= 4 is 11.6 Å². The third-order valence-corrected chi connectivity index (χ3v) is 5.69. The lowest BCUT2D eigenvalue weighted by molar-refractivity contribution is -0.113. The highest BCUT2D eigenvalue weighted by atomic mass is 16.3. The topological polar surface area (TPSA) is 40.5 Å². The van der Waals surface area contributed by atoms with Gasteiger partial charge in [0.15, 0.2) is 0 Å². The zero-order chi connectivity index (χ0) is 22.3. The van der Waals surface area contributed by atoms with Crippen LogP contribution in [0.2, 0.25) is 0 Å². The molecule has 0 aliphatic heterocycles. The molecule has 0 radical (unpaired) electrons. The van der Waals surface area contributed by atoms with Crippen molar-refractivity contribution in [2.24, 2.45) is 5.41 Å². The maximum absolute atomic E-state index is 12.4. The smallest absolute Gasteiger partial charge is 0.250 e. The van der Waals surface area contributed by atoms with E-state index in [0.29, 0.717) is 0 Å². The van der Waals surface area contributed by atoms with Crippen molar-refractivity contribution < 1.29 is 9.90 Å². The van der Waals surface area contributed by atoms with E-state index in [0.717, 1.165) is 11.3 Å². The number of allylic oxidation sites excluding steroid dienone is 9. The predicted octanol–water partition coefficient (Wildman–Crippen LogP) is 6.89. The molecule has 1 aliphatic rings. The lowest BCUT2D eigenvalue weighted by Crippen LogP contribution is -2.24. The first-order chi connectivity index (χ1) is 14.1. The summed E-state index contributed by atoms with van der Waals surface area (Å²) in [5.74, 6) is 0.0781. The van der Waals surface area contributed by atoms with Gasteiger partial charge in [-0.15, -0.1) is 0 Å². The van der Waals surface area contributed by atoms with Crippen LogP contribution in [0, 0.1) is 5.41 Å². The minimum absolute atomic E-state index is 0.106. The number of rotatable bonds is 6. The molecule has 0 heterocycles. The molecule has 0 fully saturated rings. The van der Waals surface area contributed by atoms with Gasteiger partial charge in [0.25, 0.3) is 5.91 Å². The van der Waals surface area contributed by atoms with Gasteiger partial charge in [-0.2, -0.15) is 0 Å². The van der Waals surface area contributed by atoms with Gasteiger partial charge in [-0.3, -0.25) is 4.79 Å². The van der Waals surface area contributed by atoms with E-state index in [1.54, 1.807) is 42.3 Å². The van der Waals surface area contributed by atoms with Crippen LogP contribution in [0.25, 0.3) is 0 Å². The molecule has 160 valence electrons. The fourth-order valence-electron chi connectivity index (χ4n) is 3.78. The normalized spacial score (nSPS) is 17.8. The molecular formula is C27H35NO2. The van der Waals surface area contributed by atoms with Crippen LogP contribution in [0.4, 0.5) is 5.69 Å². The number of anilines is 1. The van der Waals surface area contributed by atoms with Crippen molar-refractivity contribution in [1.82, 2.24) is 0 Å². The molecular weight excluding hydrogens is 370 g/mol. The maximum atomic E-state index is 12.4. The predicted molar refractivity (Wildman–Crippen MR) is 128 cm³/mol. The van der Waals surface area contributed by atoms with Crippen molar-refractivity contribution in [3.05, 3.63) is 83.0 Å². The summed E-state index contributed by atoms with van der Waals surface area (Å²) in [7, 11) is 1.72. The summed E-state index contributed by atoms with van der Waals surface area (Å²) in [6.45, 7) is 10.9. The van der Waals surface area contributed by atoms with Gasteiger partial charge < -0.3 is 10.0 Å². The molecule has 0 spiro atoms. The Bertz CT molecular complexity index is 909. The van der Waals surface area contributed by atoms with E-state index in [2.05, 4.69) is 45.9 Å². The van der Waals surface area contributed by atoms with Crippen LogP contribution in [0.3, 0.4) is 0 Å². The highest BCUT2D eigenvalue weighted by molar-refractivity contribution is 6.01. The quantitative estimate of drug-likeness (QED) is 0.414. The molecule has 1 amide bonds. The first-order valence-electron chi connectivity index (χ1n) is 10.6. The van der Waals surface area contributed by atoms with Gasteiger partial charge in [0.2, 0.25) is 0 Å². The number of likely N-dealkylation sites (N-methyl/N-ethyl adjacent to an activating group) is 1. The summed E-state index contributed by atoms with van der Waals surface area (Å²) in [6.07, 6.45) is 15.8. The average Bonchev–Trinajstić information content (AvgIpc) is 2.67. The van der Waals surface area contributed by atoms with Crippen LogP contribution in [-0.4, -0.2) is 18.1 Å². The molecule has 1 N–H and O–H groups in total. The summed E-state index contributed by atoms with van der Waals surface area (Å²) in [6, 6.07) is 6.58. The molecule has 1 aromatic rings. The average molecular weight is 406 g/mol. The fourth-order valence-corrected chi connectivity index (χ4v) is 3.78. The van der Waals surface area contributed by atoms with Crippen molar-refractivity contribution in [3.63, 3.8) is 0 Å². The zero-order valence-corrected chi connectivity index (χ0v) is 19.2. The van der Waals surface area contributed by atoms with Crippen LogP contribution < -0.4 is 4.90 Å². The van der Waals surface area contributed by atoms with Gasteiger partial charge in [0, 0.05) is 18.8 Å². The van der Waals surface area contributed by atoms with Crippen molar-refractivity contribution in [1.29, 1.82) is 0 Å². The van der Waals surface area contributed by atoms with E-state index >= 15 is 0 Å². The van der Waals surface area contributed by atoms with Crippen LogP contribution >= 0.6 is 0 Å². The molecule has 2 rings (SSSR count). The third-order valence-electron chi connectivity index (χ3n) is 5.69. The number of amides is 1. The lowest BCUT2D eigenvalue weighted by atomic mass is 9.72. The van der Waals surface area contributed by atoms with Gasteiger partial charge in [-0.25, -0.2) is 0 Å². The summed E-state index contributed by atoms with van der Waals surface area (Å²) in [5.41, 5.74) is 6.00. The number of phenols is 1. The zero-order valence-electron chi connectivity index (χ0n) is 19.2. The Balaban J connectivity index is 2.01. The Kier molecular flexibility index (Phi) is 8.05. The molecule has 1 aromatic carbocycles. The van der Waals surface area contributed by atoms with E-state index in [4.69, 9.17) is 0 Å².